The van der Waals surface area contributed by atoms with E-state index in [2.05, 4.69) is 0 Å². The second-order valence-corrected chi connectivity index (χ2v) is 10.6. The normalized spacial score (nSPS) is 22.4. The van der Waals surface area contributed by atoms with Crippen molar-refractivity contribution in [1.29, 1.82) is 0 Å². The van der Waals surface area contributed by atoms with Gasteiger partial charge in [-0.15, -0.1) is 0 Å². The number of ether oxygens (including phenoxy) is 1. The zero-order valence-electron chi connectivity index (χ0n) is 20.2. The number of amides is 2. The van der Waals surface area contributed by atoms with Crippen LogP contribution in [-0.2, 0) is 9.53 Å². The number of alkyl halides is 2. The third-order valence-electron chi connectivity index (χ3n) is 6.74. The summed E-state index contributed by atoms with van der Waals surface area (Å²) in [7, 11) is 0. The van der Waals surface area contributed by atoms with E-state index in [-0.39, 0.29) is 38.8 Å². The number of aliphatic hydroxyl groups is 2. The van der Waals surface area contributed by atoms with Gasteiger partial charge >= 0.3 is 6.09 Å². The second kappa shape index (κ2) is 10.2. The molecule has 1 saturated carbocycles. The number of likely N-dealkylation sites (tertiary alicyclic amines) is 1. The van der Waals surface area contributed by atoms with Crippen molar-refractivity contribution in [3.05, 3.63) is 30.3 Å². The molecule has 1 aliphatic carbocycles. The predicted molar refractivity (Wildman–Crippen MR) is 123 cm³/mol. The summed E-state index contributed by atoms with van der Waals surface area (Å²) in [5, 5.41) is 20.5. The Morgan fingerprint density at radius 3 is 2.29 bits per heavy atom. The average Bonchev–Trinajstić information content (AvgIpc) is 2.73. The Labute approximate surface area is 199 Å². The van der Waals surface area contributed by atoms with E-state index in [1.807, 2.05) is 0 Å². The number of carbonyl (C=O) groups is 2. The highest BCUT2D eigenvalue weighted by molar-refractivity contribution is 5.94. The average molecular weight is 483 g/mol. The van der Waals surface area contributed by atoms with E-state index in [0.29, 0.717) is 18.5 Å². The van der Waals surface area contributed by atoms with Crippen molar-refractivity contribution in [1.82, 2.24) is 4.90 Å². The topological polar surface area (TPSA) is 90.3 Å². The lowest BCUT2D eigenvalue weighted by atomic mass is 9.74. The number of benzene rings is 1. The fraction of sp³-hybridized carbons (Fsp3) is 0.680. The summed E-state index contributed by atoms with van der Waals surface area (Å²) in [6, 6.07) is 8.01. The van der Waals surface area contributed by atoms with Crippen LogP contribution in [0.4, 0.5) is 19.3 Å². The third-order valence-corrected chi connectivity index (χ3v) is 6.74. The highest BCUT2D eigenvalue weighted by Gasteiger charge is 2.46. The summed E-state index contributed by atoms with van der Waals surface area (Å²) >= 11 is 0. The molecule has 1 aromatic carbocycles. The maximum absolute atomic E-state index is 14.2. The molecule has 1 saturated heterocycles. The lowest BCUT2D eigenvalue weighted by Gasteiger charge is -2.44. The summed E-state index contributed by atoms with van der Waals surface area (Å²) in [5.41, 5.74) is -1.32. The molecule has 0 spiro atoms. The standard InChI is InChI=1S/C25H36F2N2O5/c1-23(2,3)34-22(33)28-14-12-24(13-15-28,21(31)32)17-20(30)29(18-8-5-4-6-9-18)19-10-7-11-25(26,27)16-19/h4-6,8-9,19,21,31-32H,7,10-17H2,1-3H3. The molecule has 2 fully saturated rings. The molecule has 0 aromatic heterocycles. The van der Waals surface area contributed by atoms with Gasteiger partial charge in [-0.25, -0.2) is 13.6 Å². The number of hydrogen-bond acceptors (Lipinski definition) is 5. The molecule has 0 radical (unpaired) electrons. The molecule has 1 aliphatic heterocycles. The fourth-order valence-electron chi connectivity index (χ4n) is 4.89. The predicted octanol–water partition coefficient (Wildman–Crippen LogP) is 4.32. The zero-order valence-corrected chi connectivity index (χ0v) is 20.2. The molecule has 1 atom stereocenters. The van der Waals surface area contributed by atoms with Crippen molar-refractivity contribution in [2.75, 3.05) is 18.0 Å². The van der Waals surface area contributed by atoms with Crippen LogP contribution >= 0.6 is 0 Å². The minimum Gasteiger partial charge on any atom is -0.444 e. The number of rotatable bonds is 5. The van der Waals surface area contributed by atoms with Crippen LogP contribution in [0.1, 0.15) is 65.7 Å². The first-order valence-corrected chi connectivity index (χ1v) is 11.9. The van der Waals surface area contributed by atoms with Gasteiger partial charge in [0.05, 0.1) is 0 Å². The first-order chi connectivity index (χ1) is 15.8. The Kier molecular flexibility index (Phi) is 7.87. The van der Waals surface area contributed by atoms with Gasteiger partial charge in [0.2, 0.25) is 11.8 Å². The number of nitrogens with zero attached hydrogens (tertiary/aromatic N) is 2. The van der Waals surface area contributed by atoms with E-state index in [9.17, 15) is 28.6 Å². The summed E-state index contributed by atoms with van der Waals surface area (Å²) in [4.78, 5) is 28.9. The van der Waals surface area contributed by atoms with Crippen molar-refractivity contribution in [2.24, 2.45) is 5.41 Å². The van der Waals surface area contributed by atoms with Crippen molar-refractivity contribution in [3.8, 4) is 0 Å². The molecule has 1 aromatic rings. The van der Waals surface area contributed by atoms with Gasteiger partial charge in [0, 0.05) is 49.5 Å². The maximum atomic E-state index is 14.2. The van der Waals surface area contributed by atoms with Crippen LogP contribution in [-0.4, -0.2) is 64.1 Å². The number of anilines is 1. The van der Waals surface area contributed by atoms with E-state index < -0.39 is 47.7 Å². The molecule has 1 unspecified atom stereocenters. The van der Waals surface area contributed by atoms with Gasteiger partial charge in [-0.05, 0) is 58.6 Å². The van der Waals surface area contributed by atoms with Gasteiger partial charge in [0.15, 0.2) is 6.29 Å². The minimum atomic E-state index is -2.84. The largest absolute Gasteiger partial charge is 0.444 e. The Balaban J connectivity index is 1.78. The summed E-state index contributed by atoms with van der Waals surface area (Å²) in [6.07, 6.45) is -1.99. The lowest BCUT2D eigenvalue weighted by molar-refractivity contribution is -0.163. The smallest absolute Gasteiger partial charge is 0.410 e. The second-order valence-electron chi connectivity index (χ2n) is 10.6. The molecule has 34 heavy (non-hydrogen) atoms. The zero-order chi connectivity index (χ0) is 25.1. The number of piperidine rings is 1. The van der Waals surface area contributed by atoms with E-state index >= 15 is 0 Å². The maximum Gasteiger partial charge on any atom is 0.410 e. The highest BCUT2D eigenvalue weighted by Crippen LogP contribution is 2.41. The SMILES string of the molecule is CC(C)(C)OC(=O)N1CCC(CC(=O)N(c2ccccc2)C2CCCC(F)(F)C2)(C(O)O)CC1. The van der Waals surface area contributed by atoms with E-state index in [4.69, 9.17) is 4.74 Å². The molecule has 190 valence electrons. The van der Waals surface area contributed by atoms with Crippen LogP contribution in [0.5, 0.6) is 0 Å². The van der Waals surface area contributed by atoms with Gasteiger partial charge in [-0.2, -0.15) is 0 Å². The Morgan fingerprint density at radius 2 is 1.76 bits per heavy atom. The number of carbonyl (C=O) groups excluding carboxylic acids is 2. The summed E-state index contributed by atoms with van der Waals surface area (Å²) < 4.78 is 33.8. The van der Waals surface area contributed by atoms with Gasteiger partial charge < -0.3 is 24.7 Å². The minimum absolute atomic E-state index is 0.180. The Morgan fingerprint density at radius 1 is 1.15 bits per heavy atom. The van der Waals surface area contributed by atoms with Crippen molar-refractivity contribution in [3.63, 3.8) is 0 Å². The molecular weight excluding hydrogens is 446 g/mol. The first kappa shape index (κ1) is 26.3. The van der Waals surface area contributed by atoms with E-state index in [1.165, 1.54) is 9.80 Å². The van der Waals surface area contributed by atoms with Crippen LogP contribution < -0.4 is 4.90 Å². The van der Waals surface area contributed by atoms with Crippen molar-refractivity contribution >= 4 is 17.7 Å². The molecule has 9 heteroatoms. The fourth-order valence-corrected chi connectivity index (χ4v) is 4.89. The summed E-state index contributed by atoms with van der Waals surface area (Å²) in [5.74, 6) is -3.27. The number of para-hydroxylation sites is 1. The van der Waals surface area contributed by atoms with Crippen LogP contribution in [0.25, 0.3) is 0 Å². The molecule has 0 bridgehead atoms. The van der Waals surface area contributed by atoms with E-state index in [0.717, 1.165) is 0 Å². The van der Waals surface area contributed by atoms with Gasteiger partial charge in [-0.1, -0.05) is 18.2 Å². The van der Waals surface area contributed by atoms with Crippen molar-refractivity contribution < 1.29 is 33.3 Å². The monoisotopic (exact) mass is 482 g/mol. The first-order valence-electron chi connectivity index (χ1n) is 11.9. The third kappa shape index (κ3) is 6.44. The highest BCUT2D eigenvalue weighted by atomic mass is 19.3. The summed E-state index contributed by atoms with van der Waals surface area (Å²) in [6.45, 7) is 5.70. The Bertz CT molecular complexity index is 849. The van der Waals surface area contributed by atoms with Crippen LogP contribution in [0.15, 0.2) is 30.3 Å². The number of halogens is 2. The molecule has 1 heterocycles. The molecule has 2 N–H and O–H groups in total. The number of hydrogen-bond donors (Lipinski definition) is 2. The van der Waals surface area contributed by atoms with Gasteiger partial charge in [0.25, 0.3) is 0 Å². The molecular formula is C25H36F2N2O5. The van der Waals surface area contributed by atoms with Gasteiger partial charge in [0.1, 0.15) is 5.60 Å². The molecule has 3 rings (SSSR count). The van der Waals surface area contributed by atoms with Crippen LogP contribution in [0.3, 0.4) is 0 Å². The Hall–Kier alpha value is -2.26. The molecule has 2 aliphatic rings. The quantitative estimate of drug-likeness (QED) is 0.611. The van der Waals surface area contributed by atoms with Crippen molar-refractivity contribution in [2.45, 2.75) is 89.6 Å². The van der Waals surface area contributed by atoms with Crippen LogP contribution in [0.2, 0.25) is 0 Å². The van der Waals surface area contributed by atoms with Gasteiger partial charge in [-0.3, -0.25) is 4.79 Å². The lowest BCUT2D eigenvalue weighted by Crippen LogP contribution is -2.53. The molecule has 7 nitrogen and oxygen atoms in total. The molecule has 2 amide bonds. The van der Waals surface area contributed by atoms with E-state index in [1.54, 1.807) is 51.1 Å². The number of aliphatic hydroxyl groups excluding tert-OH is 1. The van der Waals surface area contributed by atoms with Crippen LogP contribution in [0, 0.1) is 5.41 Å².